The Morgan fingerprint density at radius 2 is 1.83 bits per heavy atom. The minimum atomic E-state index is -1.49. The van der Waals surface area contributed by atoms with Crippen LogP contribution in [0.15, 0.2) is 36.4 Å². The third-order valence-electron chi connectivity index (χ3n) is 7.29. The fraction of sp³-hybridized carbons (Fsp3) is 0.400. The van der Waals surface area contributed by atoms with Crippen molar-refractivity contribution in [2.75, 3.05) is 26.1 Å². The number of halogens is 1. The first-order valence-corrected chi connectivity index (χ1v) is 11.7. The van der Waals surface area contributed by atoms with E-state index in [0.29, 0.717) is 34.2 Å². The summed E-state index contributed by atoms with van der Waals surface area (Å²) in [5.74, 6) is -2.04. The van der Waals surface area contributed by atoms with Crippen LogP contribution in [0.3, 0.4) is 0 Å². The monoisotopic (exact) mass is 499 g/mol. The molecule has 0 aromatic heterocycles. The number of ether oxygens (including phenoxy) is 2. The lowest BCUT2D eigenvalue weighted by molar-refractivity contribution is -0.143. The lowest BCUT2D eigenvalue weighted by atomic mass is 9.76. The van der Waals surface area contributed by atoms with Gasteiger partial charge in [0.25, 0.3) is 0 Å². The summed E-state index contributed by atoms with van der Waals surface area (Å²) in [6.45, 7) is 1.68. The van der Waals surface area contributed by atoms with Gasteiger partial charge in [-0.1, -0.05) is 17.7 Å². The summed E-state index contributed by atoms with van der Waals surface area (Å²) in [7, 11) is 3.08. The number of aliphatic hydroxyl groups is 1. The van der Waals surface area contributed by atoms with Crippen molar-refractivity contribution in [3.05, 3.63) is 52.5 Å². The van der Waals surface area contributed by atoms with Crippen LogP contribution in [0.2, 0.25) is 5.02 Å². The molecule has 3 heterocycles. The zero-order valence-corrected chi connectivity index (χ0v) is 20.3. The third kappa shape index (κ3) is 3.41. The summed E-state index contributed by atoms with van der Waals surface area (Å²) in [6, 6.07) is 9.59. The van der Waals surface area contributed by atoms with E-state index in [1.165, 1.54) is 12.0 Å². The second kappa shape index (κ2) is 8.51. The number of amides is 3. The SMILES string of the molecule is COc1ccc(CCN2C(=O)[C@@H]3[C@H]([C@H](C)O)N[C@@]4(C(=O)Nc5ccc(Cl)cc54)[C@@H]3C2=O)cc1OC. The molecule has 2 saturated heterocycles. The molecular formula is C25H26ClN3O6. The van der Waals surface area contributed by atoms with E-state index < -0.39 is 47.2 Å². The number of imide groups is 1. The summed E-state index contributed by atoms with van der Waals surface area (Å²) >= 11 is 6.23. The molecule has 3 aliphatic rings. The smallest absolute Gasteiger partial charge is 0.250 e. The van der Waals surface area contributed by atoms with Crippen molar-refractivity contribution in [3.8, 4) is 11.5 Å². The number of nitrogens with one attached hydrogen (secondary N) is 2. The molecule has 0 radical (unpaired) electrons. The summed E-state index contributed by atoms with van der Waals surface area (Å²) in [6.07, 6.45) is -0.577. The molecule has 35 heavy (non-hydrogen) atoms. The minimum absolute atomic E-state index is 0.132. The molecular weight excluding hydrogens is 474 g/mol. The fourth-order valence-corrected chi connectivity index (χ4v) is 5.85. The molecule has 2 aromatic rings. The first-order valence-electron chi connectivity index (χ1n) is 11.4. The highest BCUT2D eigenvalue weighted by Gasteiger charge is 2.71. The highest BCUT2D eigenvalue weighted by Crippen LogP contribution is 2.53. The van der Waals surface area contributed by atoms with Gasteiger partial charge in [-0.15, -0.1) is 0 Å². The molecule has 0 aliphatic carbocycles. The number of nitrogens with zero attached hydrogens (tertiary/aromatic N) is 1. The number of aliphatic hydroxyl groups excluding tert-OH is 1. The summed E-state index contributed by atoms with van der Waals surface area (Å²) < 4.78 is 10.6. The molecule has 0 unspecified atom stereocenters. The van der Waals surface area contributed by atoms with Crippen molar-refractivity contribution in [1.82, 2.24) is 10.2 Å². The number of carbonyl (C=O) groups is 3. The normalized spacial score (nSPS) is 27.7. The molecule has 9 nitrogen and oxygen atoms in total. The maximum absolute atomic E-state index is 13.7. The van der Waals surface area contributed by atoms with Crippen LogP contribution in [0.25, 0.3) is 0 Å². The second-order valence-electron chi connectivity index (χ2n) is 9.13. The van der Waals surface area contributed by atoms with Crippen LogP contribution in [0.5, 0.6) is 11.5 Å². The van der Waals surface area contributed by atoms with Crippen LogP contribution < -0.4 is 20.1 Å². The molecule has 3 aliphatic heterocycles. The number of fused-ring (bicyclic) bond motifs is 4. The highest BCUT2D eigenvalue weighted by molar-refractivity contribution is 6.31. The van der Waals surface area contributed by atoms with Crippen LogP contribution in [-0.4, -0.2) is 60.6 Å². The van der Waals surface area contributed by atoms with E-state index in [-0.39, 0.29) is 6.54 Å². The maximum atomic E-state index is 13.7. The molecule has 184 valence electrons. The van der Waals surface area contributed by atoms with Gasteiger partial charge in [0.05, 0.1) is 32.2 Å². The predicted octanol–water partition coefficient (Wildman–Crippen LogP) is 1.70. The van der Waals surface area contributed by atoms with Crippen LogP contribution in [0.1, 0.15) is 18.1 Å². The van der Waals surface area contributed by atoms with Gasteiger partial charge >= 0.3 is 0 Å². The number of likely N-dealkylation sites (tertiary alicyclic amines) is 1. The third-order valence-corrected chi connectivity index (χ3v) is 7.53. The van der Waals surface area contributed by atoms with Gasteiger partial charge < -0.3 is 19.9 Å². The van der Waals surface area contributed by atoms with E-state index in [4.69, 9.17) is 21.1 Å². The van der Waals surface area contributed by atoms with Crippen molar-refractivity contribution in [1.29, 1.82) is 0 Å². The number of carbonyl (C=O) groups excluding carboxylic acids is 3. The Hall–Kier alpha value is -3.14. The Morgan fingerprint density at radius 1 is 1.09 bits per heavy atom. The minimum Gasteiger partial charge on any atom is -0.493 e. The zero-order chi connectivity index (χ0) is 25.1. The van der Waals surface area contributed by atoms with Crippen molar-refractivity contribution in [2.45, 2.75) is 31.0 Å². The van der Waals surface area contributed by atoms with Crippen LogP contribution in [0.4, 0.5) is 5.69 Å². The first kappa shape index (κ1) is 23.6. The van der Waals surface area contributed by atoms with E-state index in [2.05, 4.69) is 10.6 Å². The van der Waals surface area contributed by atoms with Crippen molar-refractivity contribution >= 4 is 35.0 Å². The Kier molecular flexibility index (Phi) is 5.74. The molecule has 0 bridgehead atoms. The van der Waals surface area contributed by atoms with E-state index in [1.54, 1.807) is 44.4 Å². The number of hydrogen-bond acceptors (Lipinski definition) is 7. The Labute approximate surface area is 207 Å². The van der Waals surface area contributed by atoms with Gasteiger partial charge in [-0.2, -0.15) is 0 Å². The number of rotatable bonds is 6. The molecule has 0 saturated carbocycles. The topological polar surface area (TPSA) is 117 Å². The predicted molar refractivity (Wildman–Crippen MR) is 127 cm³/mol. The standard InChI is InChI=1S/C25H26ClN3O6/c1-12(30)21-19-20(25(28-21)15-11-14(26)5-6-16(15)27-24(25)33)23(32)29(22(19)31)9-8-13-4-7-17(34-2)18(10-13)35-3/h4-7,10-12,19-21,28,30H,8-9H2,1-3H3,(H,27,33)/t12-,19-,20-,21-,25+/m0/s1. The molecule has 3 amide bonds. The van der Waals surface area contributed by atoms with Gasteiger partial charge in [0, 0.05) is 28.9 Å². The van der Waals surface area contributed by atoms with Crippen molar-refractivity contribution in [3.63, 3.8) is 0 Å². The largest absolute Gasteiger partial charge is 0.493 e. The molecule has 2 aromatic carbocycles. The quantitative estimate of drug-likeness (QED) is 0.518. The van der Waals surface area contributed by atoms with Crippen LogP contribution in [0, 0.1) is 11.8 Å². The molecule has 3 N–H and O–H groups in total. The molecule has 5 rings (SSSR count). The maximum Gasteiger partial charge on any atom is 0.250 e. The van der Waals surface area contributed by atoms with Crippen molar-refractivity contribution < 1.29 is 29.0 Å². The number of methoxy groups -OCH3 is 2. The average Bonchev–Trinajstić information content (AvgIpc) is 3.43. The lowest BCUT2D eigenvalue weighted by Gasteiger charge is -2.30. The van der Waals surface area contributed by atoms with Gasteiger partial charge in [-0.3, -0.25) is 24.6 Å². The summed E-state index contributed by atoms with van der Waals surface area (Å²) in [5.41, 5.74) is 0.408. The molecule has 10 heteroatoms. The Morgan fingerprint density at radius 3 is 2.51 bits per heavy atom. The van der Waals surface area contributed by atoms with E-state index >= 15 is 0 Å². The average molecular weight is 500 g/mol. The molecule has 1 spiro atoms. The summed E-state index contributed by atoms with van der Waals surface area (Å²) in [4.78, 5) is 41.8. The van der Waals surface area contributed by atoms with Gasteiger partial charge in [0.1, 0.15) is 5.54 Å². The fourth-order valence-electron chi connectivity index (χ4n) is 5.68. The van der Waals surface area contributed by atoms with E-state index in [1.807, 2.05) is 6.07 Å². The summed E-state index contributed by atoms with van der Waals surface area (Å²) in [5, 5.41) is 16.9. The first-order chi connectivity index (χ1) is 16.7. The number of benzene rings is 2. The zero-order valence-electron chi connectivity index (χ0n) is 19.5. The number of anilines is 1. The highest BCUT2D eigenvalue weighted by atomic mass is 35.5. The Bertz CT molecular complexity index is 1230. The van der Waals surface area contributed by atoms with Crippen LogP contribution in [-0.2, 0) is 26.3 Å². The molecule has 5 atom stereocenters. The number of hydrogen-bond donors (Lipinski definition) is 3. The Balaban J connectivity index is 1.49. The van der Waals surface area contributed by atoms with Gasteiger partial charge in [0.2, 0.25) is 17.7 Å². The second-order valence-corrected chi connectivity index (χ2v) is 9.57. The van der Waals surface area contributed by atoms with Gasteiger partial charge in [0.15, 0.2) is 11.5 Å². The van der Waals surface area contributed by atoms with Crippen molar-refractivity contribution in [2.24, 2.45) is 11.8 Å². The van der Waals surface area contributed by atoms with E-state index in [9.17, 15) is 19.5 Å². The van der Waals surface area contributed by atoms with E-state index in [0.717, 1.165) is 5.56 Å². The van der Waals surface area contributed by atoms with Crippen LogP contribution >= 0.6 is 11.6 Å². The van der Waals surface area contributed by atoms with Gasteiger partial charge in [-0.05, 0) is 49.2 Å². The van der Waals surface area contributed by atoms with Gasteiger partial charge in [-0.25, -0.2) is 0 Å². The molecule has 2 fully saturated rings. The lowest BCUT2D eigenvalue weighted by Crippen LogP contribution is -2.55.